The SMILES string of the molecule is O=C(O)c1ccc(Cl)c(NC=CC(=O)c2ccc3ccccc3c2)c1. The molecule has 25 heavy (non-hydrogen) atoms. The lowest BCUT2D eigenvalue weighted by Crippen LogP contribution is -1.99. The van der Waals surface area contributed by atoms with Crippen LogP contribution in [0.5, 0.6) is 0 Å². The van der Waals surface area contributed by atoms with Gasteiger partial charge in [-0.15, -0.1) is 0 Å². The number of halogens is 1. The highest BCUT2D eigenvalue weighted by Gasteiger charge is 2.07. The van der Waals surface area contributed by atoms with Crippen LogP contribution >= 0.6 is 11.6 Å². The minimum Gasteiger partial charge on any atom is -0.478 e. The molecule has 0 unspecified atom stereocenters. The number of carboxylic acid groups (broad SMARTS) is 1. The van der Waals surface area contributed by atoms with E-state index < -0.39 is 5.97 Å². The number of allylic oxidation sites excluding steroid dienone is 1. The molecule has 0 saturated carbocycles. The van der Waals surface area contributed by atoms with Crippen molar-refractivity contribution in [2.75, 3.05) is 5.32 Å². The average molecular weight is 352 g/mol. The lowest BCUT2D eigenvalue weighted by Gasteiger charge is -2.05. The Hall–Kier alpha value is -3.11. The number of carboxylic acids is 1. The van der Waals surface area contributed by atoms with Gasteiger partial charge in [0.2, 0.25) is 0 Å². The topological polar surface area (TPSA) is 66.4 Å². The second kappa shape index (κ2) is 7.20. The summed E-state index contributed by atoms with van der Waals surface area (Å²) >= 11 is 6.02. The Kier molecular flexibility index (Phi) is 4.82. The van der Waals surface area contributed by atoms with Crippen LogP contribution in [0.4, 0.5) is 5.69 Å². The van der Waals surface area contributed by atoms with Crippen LogP contribution in [0.3, 0.4) is 0 Å². The van der Waals surface area contributed by atoms with Crippen LogP contribution < -0.4 is 5.32 Å². The van der Waals surface area contributed by atoms with Crippen molar-refractivity contribution in [1.29, 1.82) is 0 Å². The Bertz CT molecular complexity index is 995. The van der Waals surface area contributed by atoms with Crippen molar-refractivity contribution in [3.8, 4) is 0 Å². The molecule has 0 aromatic heterocycles. The molecule has 0 aliphatic heterocycles. The largest absolute Gasteiger partial charge is 0.478 e. The van der Waals surface area contributed by atoms with Gasteiger partial charge in [-0.2, -0.15) is 0 Å². The summed E-state index contributed by atoms with van der Waals surface area (Å²) in [5.74, 6) is -1.21. The van der Waals surface area contributed by atoms with Crippen molar-refractivity contribution >= 4 is 39.8 Å². The van der Waals surface area contributed by atoms with Crippen LogP contribution in [0.25, 0.3) is 10.8 Å². The van der Waals surface area contributed by atoms with Gasteiger partial charge in [-0.1, -0.05) is 48.0 Å². The van der Waals surface area contributed by atoms with Gasteiger partial charge < -0.3 is 10.4 Å². The number of hydrogen-bond acceptors (Lipinski definition) is 3. The number of benzene rings is 3. The highest BCUT2D eigenvalue weighted by Crippen LogP contribution is 2.23. The zero-order valence-electron chi connectivity index (χ0n) is 13.1. The minimum absolute atomic E-state index is 0.112. The zero-order chi connectivity index (χ0) is 17.8. The van der Waals surface area contributed by atoms with E-state index in [2.05, 4.69) is 5.32 Å². The van der Waals surface area contributed by atoms with Gasteiger partial charge in [0.05, 0.1) is 16.3 Å². The van der Waals surface area contributed by atoms with Crippen molar-refractivity contribution in [2.24, 2.45) is 0 Å². The number of anilines is 1. The first-order chi connectivity index (χ1) is 12.0. The van der Waals surface area contributed by atoms with E-state index in [1.807, 2.05) is 36.4 Å². The fraction of sp³-hybridized carbons (Fsp3) is 0. The Balaban J connectivity index is 1.76. The second-order valence-corrected chi connectivity index (χ2v) is 5.81. The maximum Gasteiger partial charge on any atom is 0.335 e. The molecule has 0 radical (unpaired) electrons. The maximum atomic E-state index is 12.3. The molecular formula is C20H14ClNO3. The van der Waals surface area contributed by atoms with E-state index in [1.165, 1.54) is 30.5 Å². The molecule has 3 aromatic rings. The van der Waals surface area contributed by atoms with Crippen LogP contribution in [0, 0.1) is 0 Å². The lowest BCUT2D eigenvalue weighted by molar-refractivity contribution is 0.0696. The van der Waals surface area contributed by atoms with Crippen molar-refractivity contribution in [1.82, 2.24) is 0 Å². The summed E-state index contributed by atoms with van der Waals surface area (Å²) in [7, 11) is 0. The Labute approximate surface area is 149 Å². The molecule has 0 spiro atoms. The number of aromatic carboxylic acids is 1. The van der Waals surface area contributed by atoms with E-state index in [0.717, 1.165) is 10.8 Å². The molecule has 0 aliphatic rings. The first-order valence-electron chi connectivity index (χ1n) is 7.53. The molecule has 0 heterocycles. The Morgan fingerprint density at radius 3 is 2.40 bits per heavy atom. The molecule has 0 atom stereocenters. The third kappa shape index (κ3) is 3.87. The van der Waals surface area contributed by atoms with E-state index in [-0.39, 0.29) is 11.3 Å². The van der Waals surface area contributed by atoms with E-state index in [0.29, 0.717) is 16.3 Å². The number of carbonyl (C=O) groups is 2. The van der Waals surface area contributed by atoms with Crippen molar-refractivity contribution in [3.05, 3.63) is 89.1 Å². The number of hydrogen-bond donors (Lipinski definition) is 2. The van der Waals surface area contributed by atoms with Crippen LogP contribution in [-0.4, -0.2) is 16.9 Å². The molecule has 2 N–H and O–H groups in total. The molecule has 5 heteroatoms. The predicted octanol–water partition coefficient (Wildman–Crippen LogP) is 5.00. The quantitative estimate of drug-likeness (QED) is 0.501. The molecule has 0 fully saturated rings. The number of carbonyl (C=O) groups excluding carboxylic acids is 1. The smallest absolute Gasteiger partial charge is 0.335 e. The van der Waals surface area contributed by atoms with Gasteiger partial charge in [-0.05, 0) is 35.0 Å². The van der Waals surface area contributed by atoms with Gasteiger partial charge in [0.1, 0.15) is 0 Å². The Morgan fingerprint density at radius 1 is 0.920 bits per heavy atom. The molecule has 0 aliphatic carbocycles. The zero-order valence-corrected chi connectivity index (χ0v) is 13.8. The van der Waals surface area contributed by atoms with Crippen molar-refractivity contribution < 1.29 is 14.7 Å². The number of nitrogens with one attached hydrogen (secondary N) is 1. The maximum absolute atomic E-state index is 12.3. The summed E-state index contributed by atoms with van der Waals surface area (Å²) in [6, 6.07) is 17.6. The highest BCUT2D eigenvalue weighted by atomic mass is 35.5. The molecule has 4 nitrogen and oxygen atoms in total. The van der Waals surface area contributed by atoms with Crippen LogP contribution in [-0.2, 0) is 0 Å². The summed E-state index contributed by atoms with van der Waals surface area (Å²) in [5.41, 5.74) is 1.10. The van der Waals surface area contributed by atoms with E-state index >= 15 is 0 Å². The van der Waals surface area contributed by atoms with E-state index in [1.54, 1.807) is 6.07 Å². The molecule has 3 aromatic carbocycles. The fourth-order valence-electron chi connectivity index (χ4n) is 2.41. The molecular weight excluding hydrogens is 338 g/mol. The molecule has 0 amide bonds. The molecule has 124 valence electrons. The van der Waals surface area contributed by atoms with Crippen LogP contribution in [0.1, 0.15) is 20.7 Å². The van der Waals surface area contributed by atoms with E-state index in [4.69, 9.17) is 16.7 Å². The van der Waals surface area contributed by atoms with Gasteiger partial charge in [-0.3, -0.25) is 4.79 Å². The summed E-state index contributed by atoms with van der Waals surface area (Å²) in [5, 5.41) is 14.3. The van der Waals surface area contributed by atoms with Crippen molar-refractivity contribution in [2.45, 2.75) is 0 Å². The number of rotatable bonds is 5. The first-order valence-corrected chi connectivity index (χ1v) is 7.91. The highest BCUT2D eigenvalue weighted by molar-refractivity contribution is 6.33. The predicted molar refractivity (Wildman–Crippen MR) is 99.5 cm³/mol. The van der Waals surface area contributed by atoms with Gasteiger partial charge in [0, 0.05) is 17.8 Å². The summed E-state index contributed by atoms with van der Waals surface area (Å²) in [6.45, 7) is 0. The molecule has 0 bridgehead atoms. The van der Waals surface area contributed by atoms with Crippen LogP contribution in [0.2, 0.25) is 5.02 Å². The standard InChI is InChI=1S/C20H14ClNO3/c21-17-8-7-16(20(24)25)12-18(17)22-10-9-19(23)15-6-5-13-3-1-2-4-14(13)11-15/h1-12,22H,(H,24,25). The number of fused-ring (bicyclic) bond motifs is 1. The van der Waals surface area contributed by atoms with Gasteiger partial charge in [-0.25, -0.2) is 4.79 Å². The fourth-order valence-corrected chi connectivity index (χ4v) is 2.59. The van der Waals surface area contributed by atoms with Crippen molar-refractivity contribution in [3.63, 3.8) is 0 Å². The normalized spacial score (nSPS) is 10.9. The first kappa shape index (κ1) is 16.7. The third-order valence-electron chi connectivity index (χ3n) is 3.72. The number of ketones is 1. The third-order valence-corrected chi connectivity index (χ3v) is 4.05. The Morgan fingerprint density at radius 2 is 1.64 bits per heavy atom. The molecule has 0 saturated heterocycles. The van der Waals surface area contributed by atoms with Gasteiger partial charge >= 0.3 is 5.97 Å². The van der Waals surface area contributed by atoms with Crippen LogP contribution in [0.15, 0.2) is 72.9 Å². The average Bonchev–Trinajstić information content (AvgIpc) is 2.62. The lowest BCUT2D eigenvalue weighted by atomic mass is 10.0. The summed E-state index contributed by atoms with van der Waals surface area (Å²) in [4.78, 5) is 23.3. The second-order valence-electron chi connectivity index (χ2n) is 5.40. The minimum atomic E-state index is -1.05. The van der Waals surface area contributed by atoms with E-state index in [9.17, 15) is 9.59 Å². The van der Waals surface area contributed by atoms with Gasteiger partial charge in [0.25, 0.3) is 0 Å². The van der Waals surface area contributed by atoms with Gasteiger partial charge in [0.15, 0.2) is 5.78 Å². The monoisotopic (exact) mass is 351 g/mol. The molecule has 3 rings (SSSR count). The summed E-state index contributed by atoms with van der Waals surface area (Å²) in [6.07, 6.45) is 2.83. The summed E-state index contributed by atoms with van der Waals surface area (Å²) < 4.78 is 0.